The lowest BCUT2D eigenvalue weighted by atomic mass is 9.49. The van der Waals surface area contributed by atoms with Gasteiger partial charge in [-0.05, 0) is 80.6 Å². The quantitative estimate of drug-likeness (QED) is 0.0785. The van der Waals surface area contributed by atoms with Crippen molar-refractivity contribution in [1.82, 2.24) is 45.5 Å². The third-order valence-corrected chi connectivity index (χ3v) is 17.5. The lowest BCUT2D eigenvalue weighted by Crippen LogP contribution is -2.74. The molecule has 3 aliphatic heterocycles. The fourth-order valence-corrected chi connectivity index (χ4v) is 13.0. The summed E-state index contributed by atoms with van der Waals surface area (Å²) in [5.74, 6) is 0.345. The van der Waals surface area contributed by atoms with E-state index in [0.717, 1.165) is 106 Å². The third-order valence-electron chi connectivity index (χ3n) is 16.2. The number of likely N-dealkylation sites (tertiary alicyclic amines) is 1. The van der Waals surface area contributed by atoms with Gasteiger partial charge in [-0.15, -0.1) is 11.3 Å². The molecule has 4 aliphatic rings. The highest BCUT2D eigenvalue weighted by atomic mass is 35.5. The minimum Gasteiger partial charge on any atom is -0.489 e. The van der Waals surface area contributed by atoms with E-state index in [2.05, 4.69) is 74.3 Å². The highest BCUT2D eigenvalue weighted by molar-refractivity contribution is 7.13. The normalized spacial score (nSPS) is 22.6. The molecule has 1 saturated carbocycles. The number of carbonyl (C=O) groups is 4. The number of hydrogen-bond acceptors (Lipinski definition) is 14. The zero-order valence-electron chi connectivity index (χ0n) is 46.3. The van der Waals surface area contributed by atoms with Gasteiger partial charge in [0.15, 0.2) is 0 Å². The van der Waals surface area contributed by atoms with Crippen LogP contribution in [-0.4, -0.2) is 167 Å². The first kappa shape index (κ1) is 57.5. The van der Waals surface area contributed by atoms with Gasteiger partial charge in [0.05, 0.1) is 50.9 Å². The highest BCUT2D eigenvalue weighted by Gasteiger charge is 2.64. The molecular weight excluding hydrogens is 1010 g/mol. The molecule has 4 aromatic rings. The molecule has 4 N–H and O–H groups in total. The van der Waals surface area contributed by atoms with Gasteiger partial charge in [-0.1, -0.05) is 84.3 Å². The third kappa shape index (κ3) is 13.4. The summed E-state index contributed by atoms with van der Waals surface area (Å²) in [5.41, 5.74) is 4.30. The number of ether oxygens (including phenoxy) is 1. The van der Waals surface area contributed by atoms with Crippen LogP contribution in [0.2, 0.25) is 5.02 Å². The van der Waals surface area contributed by atoms with Gasteiger partial charge < -0.3 is 40.5 Å². The van der Waals surface area contributed by atoms with Gasteiger partial charge >= 0.3 is 0 Å². The topological polar surface area (TPSA) is 200 Å². The Morgan fingerprint density at radius 2 is 1.52 bits per heavy atom. The van der Waals surface area contributed by atoms with E-state index >= 15 is 0 Å². The van der Waals surface area contributed by atoms with Gasteiger partial charge in [0.25, 0.3) is 5.91 Å². The number of amides is 4. The number of anilines is 1. The van der Waals surface area contributed by atoms with Crippen LogP contribution in [0.1, 0.15) is 108 Å². The first-order chi connectivity index (χ1) is 36.5. The maximum atomic E-state index is 14.3. The Morgan fingerprint density at radius 1 is 0.883 bits per heavy atom. The maximum absolute atomic E-state index is 14.3. The van der Waals surface area contributed by atoms with E-state index < -0.39 is 23.6 Å². The van der Waals surface area contributed by atoms with Gasteiger partial charge in [0.2, 0.25) is 17.7 Å². The molecule has 8 rings (SSSR count). The molecule has 17 nitrogen and oxygen atoms in total. The Bertz CT molecular complexity index is 2740. The number of aliphatic hydroxyl groups excluding tert-OH is 1. The zero-order valence-corrected chi connectivity index (χ0v) is 47.8. The van der Waals surface area contributed by atoms with E-state index in [9.17, 15) is 29.5 Å². The second-order valence-electron chi connectivity index (χ2n) is 23.7. The van der Waals surface area contributed by atoms with Crippen LogP contribution in [0.4, 0.5) is 5.82 Å². The summed E-state index contributed by atoms with van der Waals surface area (Å²) < 4.78 is 6.39. The second kappa shape index (κ2) is 24.1. The summed E-state index contributed by atoms with van der Waals surface area (Å²) in [6, 6.07) is 16.7. The smallest absolute Gasteiger partial charge is 0.253 e. The van der Waals surface area contributed by atoms with Crippen LogP contribution in [-0.2, 0) is 14.4 Å². The number of benzene rings is 2. The van der Waals surface area contributed by atoms with Crippen LogP contribution >= 0.6 is 22.9 Å². The standard InChI is InChI=1S/C58H78ClN11O6S/c1-37(39-12-14-40(15-13-39)49-38(2)62-36-77-49)63-52(74)46-30-43(71)34-70(46)53(75)50(56(3,4)5)64-48(72)35-68-24-22-66(23-25-68)20-10-11-21-67-26-28-69(29-27-67)47-19-17-42(33-61-47)51(73)65-54-57(6,7)55(58(54,8)9)76-44-18-16-41(32-60)45(59)31-44/h12-19,31,33,36-37,43,46,50,54-55,71H,10-11,20-30,34-35H2,1-9H3,(H,63,74)(H,64,72)(H,65,73)/t37-,43+,46-,50+,54-,55-/m0/s1. The number of pyridine rings is 1. The Kier molecular flexibility index (Phi) is 18.0. The van der Waals surface area contributed by atoms with Gasteiger partial charge in [0, 0.05) is 94.5 Å². The number of hydrogen-bond donors (Lipinski definition) is 4. The van der Waals surface area contributed by atoms with Crippen LogP contribution in [0.5, 0.6) is 5.75 Å². The Hall–Kier alpha value is -5.68. The Balaban J connectivity index is 0.715. The fraction of sp³-hybridized carbons (Fsp3) is 0.569. The number of aromatic nitrogens is 2. The molecule has 1 aliphatic carbocycles. The molecule has 414 valence electrons. The van der Waals surface area contributed by atoms with E-state index in [1.54, 1.807) is 35.7 Å². The van der Waals surface area contributed by atoms with E-state index in [-0.39, 0.29) is 72.2 Å². The van der Waals surface area contributed by atoms with Crippen molar-refractivity contribution in [2.24, 2.45) is 16.2 Å². The van der Waals surface area contributed by atoms with E-state index in [1.165, 1.54) is 4.90 Å². The van der Waals surface area contributed by atoms with Crippen LogP contribution in [0.15, 0.2) is 66.3 Å². The van der Waals surface area contributed by atoms with Crippen LogP contribution in [0, 0.1) is 34.5 Å². The van der Waals surface area contributed by atoms with E-state index in [0.29, 0.717) is 21.9 Å². The number of thiazole rings is 1. The van der Waals surface area contributed by atoms with Crippen LogP contribution in [0.3, 0.4) is 0 Å². The average Bonchev–Trinajstić information content (AvgIpc) is 4.21. The molecule has 2 aromatic carbocycles. The minimum atomic E-state index is -0.886. The number of carbonyl (C=O) groups excluding carboxylic acids is 4. The van der Waals surface area contributed by atoms with E-state index in [4.69, 9.17) is 21.3 Å². The Labute approximate surface area is 463 Å². The van der Waals surface area contributed by atoms with Gasteiger partial charge in [-0.2, -0.15) is 5.26 Å². The number of nitriles is 1. The van der Waals surface area contributed by atoms with Crippen LogP contribution in [0.25, 0.3) is 10.4 Å². The van der Waals surface area contributed by atoms with Gasteiger partial charge in [-0.3, -0.25) is 29.0 Å². The van der Waals surface area contributed by atoms with Gasteiger partial charge in [-0.25, -0.2) is 9.97 Å². The SMILES string of the molecule is Cc1ncsc1-c1ccc([C@H](C)NC(=O)[C@@H]2C[C@@H](O)CN2C(=O)[C@@H](NC(=O)CN2CCN(CCCCN3CCN(c4ccc(C(=O)N[C@H]5C(C)(C)[C@H](Oc6ccc(C#N)c(Cl)c6)C5(C)C)cn4)CC3)CC2)C(C)(C)C)cc1. The summed E-state index contributed by atoms with van der Waals surface area (Å²) in [6.07, 6.45) is 2.92. The molecule has 3 saturated heterocycles. The Morgan fingerprint density at radius 3 is 2.09 bits per heavy atom. The monoisotopic (exact) mass is 1090 g/mol. The number of halogens is 1. The molecule has 0 spiro atoms. The van der Waals surface area contributed by atoms with Crippen molar-refractivity contribution in [3.8, 4) is 22.3 Å². The number of aryl methyl sites for hydroxylation is 1. The molecule has 0 bridgehead atoms. The average molecular weight is 1090 g/mol. The lowest BCUT2D eigenvalue weighted by Gasteiger charge is -2.63. The van der Waals surface area contributed by atoms with Crippen molar-refractivity contribution in [2.45, 2.75) is 118 Å². The summed E-state index contributed by atoms with van der Waals surface area (Å²) in [6.45, 7) is 27.0. The van der Waals surface area contributed by atoms with Crippen molar-refractivity contribution >= 4 is 52.4 Å². The van der Waals surface area contributed by atoms with Crippen molar-refractivity contribution in [1.29, 1.82) is 5.26 Å². The molecule has 4 atom stereocenters. The molecule has 4 fully saturated rings. The zero-order chi connectivity index (χ0) is 55.4. The molecule has 77 heavy (non-hydrogen) atoms. The van der Waals surface area contributed by atoms with Crippen molar-refractivity contribution in [3.05, 3.63) is 93.7 Å². The number of aliphatic hydroxyl groups is 1. The molecule has 0 radical (unpaired) electrons. The number of nitrogens with one attached hydrogen (secondary N) is 3. The number of piperazine rings is 2. The maximum Gasteiger partial charge on any atom is 0.253 e. The molecule has 0 unspecified atom stereocenters. The first-order valence-corrected chi connectivity index (χ1v) is 28.4. The number of nitrogens with zero attached hydrogens (tertiary/aromatic N) is 8. The van der Waals surface area contributed by atoms with Crippen molar-refractivity contribution in [2.75, 3.05) is 83.4 Å². The molecule has 19 heteroatoms. The predicted molar refractivity (Wildman–Crippen MR) is 301 cm³/mol. The van der Waals surface area contributed by atoms with Crippen molar-refractivity contribution in [3.63, 3.8) is 0 Å². The summed E-state index contributed by atoms with van der Waals surface area (Å²) in [5, 5.41) is 29.7. The minimum absolute atomic E-state index is 0.0201. The molecule has 2 aromatic heterocycles. The first-order valence-electron chi connectivity index (χ1n) is 27.2. The summed E-state index contributed by atoms with van der Waals surface area (Å²) in [7, 11) is 0. The lowest BCUT2D eigenvalue weighted by molar-refractivity contribution is -0.164. The molecule has 4 amide bonds. The fourth-order valence-electron chi connectivity index (χ4n) is 12.0. The molecule has 5 heterocycles. The summed E-state index contributed by atoms with van der Waals surface area (Å²) in [4.78, 5) is 76.1. The summed E-state index contributed by atoms with van der Waals surface area (Å²) >= 11 is 7.86. The van der Waals surface area contributed by atoms with Crippen LogP contribution < -0.4 is 25.6 Å². The second-order valence-corrected chi connectivity index (χ2v) is 25.0. The predicted octanol–water partition coefficient (Wildman–Crippen LogP) is 6.54. The van der Waals surface area contributed by atoms with Crippen molar-refractivity contribution < 1.29 is 29.0 Å². The number of unbranched alkanes of at least 4 members (excludes halogenated alkanes) is 1. The van der Waals surface area contributed by atoms with Gasteiger partial charge in [0.1, 0.15) is 35.8 Å². The number of rotatable bonds is 18. The highest BCUT2D eigenvalue weighted by Crippen LogP contribution is 2.55. The number of β-amino-alcohol motifs (C(OH)–C–C–N with tert-alkyl or cyclic N) is 1. The molecular formula is C58H78ClN11O6S. The van der Waals surface area contributed by atoms with E-state index in [1.807, 2.05) is 76.5 Å². The largest absolute Gasteiger partial charge is 0.489 e.